The molecule has 0 spiro atoms. The molecule has 0 N–H and O–H groups in total. The maximum absolute atomic E-state index is 15.1. The first-order valence-electron chi connectivity index (χ1n) is 13.8. The van der Waals surface area contributed by atoms with Crippen molar-refractivity contribution in [2.24, 2.45) is 11.8 Å². The van der Waals surface area contributed by atoms with E-state index in [0.717, 1.165) is 30.3 Å². The Morgan fingerprint density at radius 2 is 1.38 bits per heavy atom. The third-order valence-electron chi connectivity index (χ3n) is 7.95. The Balaban J connectivity index is 1.32. The van der Waals surface area contributed by atoms with Crippen molar-refractivity contribution in [3.63, 3.8) is 0 Å². The summed E-state index contributed by atoms with van der Waals surface area (Å²) in [7, 11) is 0. The lowest BCUT2D eigenvalue weighted by atomic mass is 9.77. The fourth-order valence-electron chi connectivity index (χ4n) is 5.70. The van der Waals surface area contributed by atoms with Crippen molar-refractivity contribution >= 4 is 0 Å². The summed E-state index contributed by atoms with van der Waals surface area (Å²) in [5.74, 6) is 1.78. The summed E-state index contributed by atoms with van der Waals surface area (Å²) in [6, 6.07) is 13.9. The van der Waals surface area contributed by atoms with Gasteiger partial charge in [0.15, 0.2) is 6.29 Å². The molecule has 0 bridgehead atoms. The highest BCUT2D eigenvalue weighted by atomic mass is 19.1. The second kappa shape index (κ2) is 12.8. The summed E-state index contributed by atoms with van der Waals surface area (Å²) in [4.78, 5) is 0. The second-order valence-corrected chi connectivity index (χ2v) is 10.6. The Kier molecular flexibility index (Phi) is 9.58. The van der Waals surface area contributed by atoms with Gasteiger partial charge in [0.05, 0.1) is 13.2 Å². The van der Waals surface area contributed by atoms with Crippen LogP contribution in [-0.2, 0) is 9.47 Å². The average molecular weight is 467 g/mol. The molecule has 1 saturated carbocycles. The van der Waals surface area contributed by atoms with Crippen LogP contribution in [0.25, 0.3) is 11.1 Å². The van der Waals surface area contributed by atoms with Gasteiger partial charge in [-0.25, -0.2) is 4.39 Å². The van der Waals surface area contributed by atoms with Crippen LogP contribution in [0, 0.1) is 17.7 Å². The lowest BCUT2D eigenvalue weighted by Gasteiger charge is -2.30. The third kappa shape index (κ3) is 6.70. The summed E-state index contributed by atoms with van der Waals surface area (Å²) in [6.45, 7) is 6.01. The lowest BCUT2D eigenvalue weighted by Crippen LogP contribution is -2.27. The number of ether oxygens (including phenoxy) is 2. The molecular weight excluding hydrogens is 423 g/mol. The molecule has 2 aliphatic rings. The van der Waals surface area contributed by atoms with Crippen LogP contribution in [0.5, 0.6) is 0 Å². The minimum atomic E-state index is -0.309. The van der Waals surface area contributed by atoms with Crippen molar-refractivity contribution in [2.45, 2.75) is 96.7 Å². The standard InChI is InChI=1S/C31H43FO2/c1-3-5-7-9-24-21-33-31(34-22-24)27-16-14-26(15-17-27)29-19-18-28(20-30(29)32)25-12-10-23(11-13-25)8-6-4-2/h14-20,23-25,31H,3-13,21-22H2,1-2H3/t23-,24?,25-,31?. The normalized spacial score (nSPS) is 25.4. The summed E-state index contributed by atoms with van der Waals surface area (Å²) in [6.07, 6.45) is 13.6. The van der Waals surface area contributed by atoms with Crippen LogP contribution < -0.4 is 0 Å². The number of unbranched alkanes of at least 4 members (excludes halogenated alkanes) is 3. The van der Waals surface area contributed by atoms with Crippen LogP contribution in [-0.4, -0.2) is 13.2 Å². The highest BCUT2D eigenvalue weighted by molar-refractivity contribution is 5.65. The van der Waals surface area contributed by atoms with E-state index in [0.29, 0.717) is 17.4 Å². The van der Waals surface area contributed by atoms with Gasteiger partial charge in [-0.3, -0.25) is 0 Å². The summed E-state index contributed by atoms with van der Waals surface area (Å²) >= 11 is 0. The van der Waals surface area contributed by atoms with E-state index in [1.807, 2.05) is 30.3 Å². The number of hydrogen-bond acceptors (Lipinski definition) is 2. The van der Waals surface area contributed by atoms with E-state index in [1.165, 1.54) is 76.2 Å². The molecule has 2 fully saturated rings. The van der Waals surface area contributed by atoms with E-state index in [2.05, 4.69) is 19.9 Å². The molecule has 1 heterocycles. The molecule has 2 aromatic carbocycles. The molecule has 0 unspecified atom stereocenters. The molecule has 0 aromatic heterocycles. The highest BCUT2D eigenvalue weighted by Gasteiger charge is 2.24. The Morgan fingerprint density at radius 3 is 2.03 bits per heavy atom. The van der Waals surface area contributed by atoms with Gasteiger partial charge < -0.3 is 9.47 Å². The molecule has 186 valence electrons. The van der Waals surface area contributed by atoms with Gasteiger partial charge in [0.2, 0.25) is 0 Å². The van der Waals surface area contributed by atoms with Crippen LogP contribution in [0.2, 0.25) is 0 Å². The largest absolute Gasteiger partial charge is 0.348 e. The number of benzene rings is 2. The Hall–Kier alpha value is -1.71. The second-order valence-electron chi connectivity index (χ2n) is 10.6. The van der Waals surface area contributed by atoms with Crippen molar-refractivity contribution < 1.29 is 13.9 Å². The van der Waals surface area contributed by atoms with Gasteiger partial charge >= 0.3 is 0 Å². The van der Waals surface area contributed by atoms with E-state index in [4.69, 9.17) is 9.47 Å². The first kappa shape index (κ1) is 25.4. The van der Waals surface area contributed by atoms with E-state index in [1.54, 1.807) is 6.07 Å². The van der Waals surface area contributed by atoms with Gasteiger partial charge in [0.25, 0.3) is 0 Å². The molecule has 0 radical (unpaired) electrons. The molecule has 3 heteroatoms. The predicted octanol–water partition coefficient (Wildman–Crippen LogP) is 9.20. The molecular formula is C31H43FO2. The summed E-state index contributed by atoms with van der Waals surface area (Å²) in [5.41, 5.74) is 3.76. The molecule has 0 amide bonds. The SMILES string of the molecule is CCCCCC1COC(c2ccc(-c3ccc([C@H]4CC[C@H](CCCC)CC4)cc3F)cc2)OC1. The van der Waals surface area contributed by atoms with Crippen LogP contribution in [0.4, 0.5) is 4.39 Å². The van der Waals surface area contributed by atoms with Gasteiger partial charge in [-0.05, 0) is 61.1 Å². The molecule has 2 nitrogen and oxygen atoms in total. The molecule has 1 aliphatic carbocycles. The fourth-order valence-corrected chi connectivity index (χ4v) is 5.70. The van der Waals surface area contributed by atoms with Gasteiger partial charge in [-0.1, -0.05) is 88.8 Å². The minimum absolute atomic E-state index is 0.113. The molecule has 34 heavy (non-hydrogen) atoms. The Morgan fingerprint density at radius 1 is 0.735 bits per heavy atom. The maximum Gasteiger partial charge on any atom is 0.183 e. The number of halogens is 1. The molecule has 4 rings (SSSR count). The number of rotatable bonds is 10. The topological polar surface area (TPSA) is 18.5 Å². The van der Waals surface area contributed by atoms with Gasteiger partial charge in [0.1, 0.15) is 5.82 Å². The van der Waals surface area contributed by atoms with Crippen molar-refractivity contribution in [1.82, 2.24) is 0 Å². The number of hydrogen-bond donors (Lipinski definition) is 0. The molecule has 2 aromatic rings. The van der Waals surface area contributed by atoms with Gasteiger partial charge in [0, 0.05) is 17.0 Å². The smallest absolute Gasteiger partial charge is 0.183 e. The van der Waals surface area contributed by atoms with Crippen molar-refractivity contribution in [3.05, 3.63) is 59.4 Å². The van der Waals surface area contributed by atoms with E-state index >= 15 is 4.39 Å². The predicted molar refractivity (Wildman–Crippen MR) is 138 cm³/mol. The highest BCUT2D eigenvalue weighted by Crippen LogP contribution is 2.39. The molecule has 0 atom stereocenters. The van der Waals surface area contributed by atoms with Gasteiger partial charge in [-0.2, -0.15) is 0 Å². The monoisotopic (exact) mass is 466 g/mol. The third-order valence-corrected chi connectivity index (χ3v) is 7.95. The van der Waals surface area contributed by atoms with Crippen molar-refractivity contribution in [3.8, 4) is 11.1 Å². The minimum Gasteiger partial charge on any atom is -0.348 e. The first-order chi connectivity index (χ1) is 16.7. The van der Waals surface area contributed by atoms with E-state index in [9.17, 15) is 0 Å². The zero-order valence-electron chi connectivity index (χ0n) is 21.2. The van der Waals surface area contributed by atoms with Crippen LogP contribution >= 0.6 is 0 Å². The zero-order valence-corrected chi connectivity index (χ0v) is 21.2. The van der Waals surface area contributed by atoms with E-state index in [-0.39, 0.29) is 12.1 Å². The Labute approximate surface area is 206 Å². The quantitative estimate of drug-likeness (QED) is 0.325. The van der Waals surface area contributed by atoms with Crippen LogP contribution in [0.1, 0.15) is 108 Å². The first-order valence-corrected chi connectivity index (χ1v) is 13.8. The van der Waals surface area contributed by atoms with Crippen LogP contribution in [0.15, 0.2) is 42.5 Å². The average Bonchev–Trinajstić information content (AvgIpc) is 2.88. The zero-order chi connectivity index (χ0) is 23.8. The van der Waals surface area contributed by atoms with Crippen molar-refractivity contribution in [2.75, 3.05) is 13.2 Å². The summed E-state index contributed by atoms with van der Waals surface area (Å²) in [5, 5.41) is 0. The summed E-state index contributed by atoms with van der Waals surface area (Å²) < 4.78 is 27.1. The Bertz CT molecular complexity index is 862. The van der Waals surface area contributed by atoms with E-state index < -0.39 is 0 Å². The molecule has 1 saturated heterocycles. The van der Waals surface area contributed by atoms with Crippen molar-refractivity contribution in [1.29, 1.82) is 0 Å². The van der Waals surface area contributed by atoms with Crippen LogP contribution in [0.3, 0.4) is 0 Å². The lowest BCUT2D eigenvalue weighted by molar-refractivity contribution is -0.206. The van der Waals surface area contributed by atoms with Gasteiger partial charge in [-0.15, -0.1) is 0 Å². The molecule has 1 aliphatic heterocycles. The fraction of sp³-hybridized carbons (Fsp3) is 0.613. The maximum atomic E-state index is 15.1.